The van der Waals surface area contributed by atoms with Crippen molar-refractivity contribution in [3.63, 3.8) is 0 Å². The van der Waals surface area contributed by atoms with E-state index in [9.17, 15) is 10.1 Å². The Morgan fingerprint density at radius 2 is 2.11 bits per heavy atom. The molecule has 0 fully saturated rings. The van der Waals surface area contributed by atoms with Gasteiger partial charge in [0.25, 0.3) is 5.69 Å². The molecule has 6 nitrogen and oxygen atoms in total. The lowest BCUT2D eigenvalue weighted by atomic mass is 10.3. The third-order valence-corrected chi connectivity index (χ3v) is 3.21. The lowest BCUT2D eigenvalue weighted by Crippen LogP contribution is -2.00. The number of nitrogen functional groups attached to an aromatic ring is 1. The summed E-state index contributed by atoms with van der Waals surface area (Å²) >= 11 is 1.57. The van der Waals surface area contributed by atoms with Crippen LogP contribution in [-0.4, -0.2) is 16.2 Å². The summed E-state index contributed by atoms with van der Waals surface area (Å²) in [4.78, 5) is 15.3. The summed E-state index contributed by atoms with van der Waals surface area (Å²) in [5.41, 5.74) is 6.31. The average Bonchev–Trinajstić information content (AvgIpc) is 2.38. The molecule has 2 aromatic rings. The van der Waals surface area contributed by atoms with Crippen LogP contribution in [-0.2, 0) is 0 Å². The molecule has 0 atom stereocenters. The molecular formula is C12H12N4O2S. The minimum absolute atomic E-state index is 0.0865. The second-order valence-corrected chi connectivity index (χ2v) is 4.57. The van der Waals surface area contributed by atoms with Crippen molar-refractivity contribution < 1.29 is 4.92 Å². The summed E-state index contributed by atoms with van der Waals surface area (Å²) in [6.07, 6.45) is 1.95. The van der Waals surface area contributed by atoms with Crippen molar-refractivity contribution in [3.8, 4) is 0 Å². The second kappa shape index (κ2) is 5.57. The zero-order valence-electron chi connectivity index (χ0n) is 10.2. The van der Waals surface area contributed by atoms with Crippen LogP contribution < -0.4 is 11.1 Å². The van der Waals surface area contributed by atoms with Crippen molar-refractivity contribution in [2.75, 3.05) is 17.3 Å². The molecule has 0 unspecified atom stereocenters. The lowest BCUT2D eigenvalue weighted by Gasteiger charge is -2.09. The quantitative estimate of drug-likeness (QED) is 0.506. The smallest absolute Gasteiger partial charge is 0.276 e. The number of nitrogens with zero attached hydrogens (tertiary/aromatic N) is 2. The highest BCUT2D eigenvalue weighted by atomic mass is 32.2. The van der Waals surface area contributed by atoms with Crippen molar-refractivity contribution in [1.29, 1.82) is 0 Å². The molecule has 1 aromatic carbocycles. The van der Waals surface area contributed by atoms with Gasteiger partial charge in [-0.1, -0.05) is 12.1 Å². The van der Waals surface area contributed by atoms with Crippen molar-refractivity contribution in [3.05, 3.63) is 46.5 Å². The number of thioether (sulfide) groups is 1. The van der Waals surface area contributed by atoms with Crippen LogP contribution in [0.15, 0.2) is 41.3 Å². The molecule has 2 rings (SSSR count). The minimum atomic E-state index is -0.496. The third-order valence-electron chi connectivity index (χ3n) is 2.41. The number of anilines is 3. The van der Waals surface area contributed by atoms with E-state index >= 15 is 0 Å². The molecule has 0 saturated heterocycles. The Kier molecular flexibility index (Phi) is 3.86. The molecule has 0 radical (unpaired) electrons. The highest BCUT2D eigenvalue weighted by Crippen LogP contribution is 2.28. The topological polar surface area (TPSA) is 94.1 Å². The van der Waals surface area contributed by atoms with Gasteiger partial charge in [-0.15, -0.1) is 11.8 Å². The summed E-state index contributed by atoms with van der Waals surface area (Å²) in [6.45, 7) is 0. The standard InChI is InChI=1S/C12H12N4O2S/c1-19-10-5-3-2-4-9(10)14-12-7-8(16(17)18)6-11(13)15-12/h2-7H,1H3,(H3,13,14,15). The fraction of sp³-hybridized carbons (Fsp3) is 0.0833. The first-order chi connectivity index (χ1) is 9.10. The zero-order chi connectivity index (χ0) is 13.8. The number of nitro groups is 1. The van der Waals surface area contributed by atoms with Gasteiger partial charge in [0.05, 0.1) is 22.7 Å². The number of benzene rings is 1. The SMILES string of the molecule is CSc1ccccc1Nc1cc([N+](=O)[O-])cc(N)n1. The van der Waals surface area contributed by atoms with Crippen LogP contribution in [0.2, 0.25) is 0 Å². The molecule has 98 valence electrons. The molecule has 0 spiro atoms. The Morgan fingerprint density at radius 3 is 2.79 bits per heavy atom. The molecule has 0 aliphatic rings. The van der Waals surface area contributed by atoms with Gasteiger partial charge in [-0.05, 0) is 18.4 Å². The molecule has 3 N–H and O–H groups in total. The molecule has 0 saturated carbocycles. The molecular weight excluding hydrogens is 264 g/mol. The maximum atomic E-state index is 10.8. The van der Waals surface area contributed by atoms with Crippen molar-refractivity contribution in [1.82, 2.24) is 4.98 Å². The number of nitrogens with one attached hydrogen (secondary N) is 1. The van der Waals surface area contributed by atoms with Gasteiger partial charge in [-0.2, -0.15) is 0 Å². The number of hydrogen-bond acceptors (Lipinski definition) is 6. The lowest BCUT2D eigenvalue weighted by molar-refractivity contribution is -0.384. The van der Waals surface area contributed by atoms with Crippen LogP contribution in [0.25, 0.3) is 0 Å². The molecule has 0 aliphatic carbocycles. The Hall–Kier alpha value is -2.28. The number of rotatable bonds is 4. The van der Waals surface area contributed by atoms with E-state index in [1.54, 1.807) is 11.8 Å². The third kappa shape index (κ3) is 3.14. The van der Waals surface area contributed by atoms with Crippen molar-refractivity contribution in [2.24, 2.45) is 0 Å². The zero-order valence-corrected chi connectivity index (χ0v) is 11.0. The fourth-order valence-corrected chi connectivity index (χ4v) is 2.15. The Balaban J connectivity index is 2.35. The predicted octanol–water partition coefficient (Wildman–Crippen LogP) is 3.04. The predicted molar refractivity (Wildman–Crippen MR) is 76.8 cm³/mol. The van der Waals surface area contributed by atoms with Crippen LogP contribution in [0.4, 0.5) is 23.0 Å². The highest BCUT2D eigenvalue weighted by molar-refractivity contribution is 7.98. The Morgan fingerprint density at radius 1 is 1.37 bits per heavy atom. The van der Waals surface area contributed by atoms with Gasteiger partial charge in [0.1, 0.15) is 11.6 Å². The number of aromatic nitrogens is 1. The van der Waals surface area contributed by atoms with Crippen LogP contribution in [0, 0.1) is 10.1 Å². The van der Waals surface area contributed by atoms with Crippen LogP contribution in [0.3, 0.4) is 0 Å². The van der Waals surface area contributed by atoms with Gasteiger partial charge in [0, 0.05) is 4.90 Å². The van der Waals surface area contributed by atoms with E-state index in [1.807, 2.05) is 30.5 Å². The number of nitrogens with two attached hydrogens (primary N) is 1. The van der Waals surface area contributed by atoms with Gasteiger partial charge in [-0.3, -0.25) is 10.1 Å². The van der Waals surface area contributed by atoms with Gasteiger partial charge in [0.15, 0.2) is 0 Å². The van der Waals surface area contributed by atoms with Crippen LogP contribution in [0.1, 0.15) is 0 Å². The first-order valence-corrected chi connectivity index (χ1v) is 6.64. The fourth-order valence-electron chi connectivity index (χ4n) is 1.59. The van der Waals surface area contributed by atoms with Gasteiger partial charge in [0.2, 0.25) is 0 Å². The number of pyridine rings is 1. The van der Waals surface area contributed by atoms with Crippen molar-refractivity contribution >= 4 is 34.8 Å². The van der Waals surface area contributed by atoms with Gasteiger partial charge >= 0.3 is 0 Å². The molecule has 7 heteroatoms. The maximum Gasteiger partial charge on any atom is 0.276 e. The van der Waals surface area contributed by atoms with E-state index < -0.39 is 4.92 Å². The summed E-state index contributed by atoms with van der Waals surface area (Å²) in [7, 11) is 0. The van der Waals surface area contributed by atoms with Crippen LogP contribution in [0.5, 0.6) is 0 Å². The van der Waals surface area contributed by atoms with Crippen LogP contribution >= 0.6 is 11.8 Å². The van der Waals surface area contributed by atoms with Crippen molar-refractivity contribution in [2.45, 2.75) is 4.90 Å². The largest absolute Gasteiger partial charge is 0.383 e. The number of hydrogen-bond donors (Lipinski definition) is 2. The van der Waals surface area contributed by atoms with Gasteiger partial charge in [-0.25, -0.2) is 4.98 Å². The maximum absolute atomic E-state index is 10.8. The monoisotopic (exact) mass is 276 g/mol. The summed E-state index contributed by atoms with van der Waals surface area (Å²) < 4.78 is 0. The van der Waals surface area contributed by atoms with Gasteiger partial charge < -0.3 is 11.1 Å². The summed E-state index contributed by atoms with van der Waals surface area (Å²) in [5, 5.41) is 13.8. The van der Waals surface area contributed by atoms with E-state index in [1.165, 1.54) is 12.1 Å². The second-order valence-electron chi connectivity index (χ2n) is 3.72. The summed E-state index contributed by atoms with van der Waals surface area (Å²) in [6, 6.07) is 10.2. The number of para-hydroxylation sites is 1. The minimum Gasteiger partial charge on any atom is -0.383 e. The Bertz CT molecular complexity index is 618. The van der Waals surface area contributed by atoms with E-state index in [0.717, 1.165) is 10.6 Å². The normalized spacial score (nSPS) is 10.2. The summed E-state index contributed by atoms with van der Waals surface area (Å²) in [5.74, 6) is 0.464. The molecule has 0 amide bonds. The average molecular weight is 276 g/mol. The molecule has 1 aromatic heterocycles. The van der Waals surface area contributed by atoms with E-state index in [-0.39, 0.29) is 11.5 Å². The highest BCUT2D eigenvalue weighted by Gasteiger charge is 2.10. The molecule has 19 heavy (non-hydrogen) atoms. The van der Waals surface area contributed by atoms with E-state index in [0.29, 0.717) is 5.82 Å². The first-order valence-electron chi connectivity index (χ1n) is 5.42. The first kappa shape index (κ1) is 13.2. The molecule has 1 heterocycles. The molecule has 0 bridgehead atoms. The van der Waals surface area contributed by atoms with E-state index in [4.69, 9.17) is 5.73 Å². The Labute approximate surface area is 114 Å². The molecule has 0 aliphatic heterocycles. The van der Waals surface area contributed by atoms with E-state index in [2.05, 4.69) is 10.3 Å².